The van der Waals surface area contributed by atoms with Gasteiger partial charge in [0.25, 0.3) is 0 Å². The van der Waals surface area contributed by atoms with Gasteiger partial charge < -0.3 is 15.2 Å². The summed E-state index contributed by atoms with van der Waals surface area (Å²) in [6, 6.07) is 12.7. The van der Waals surface area contributed by atoms with E-state index < -0.39 is 6.10 Å². The highest BCUT2D eigenvalue weighted by Gasteiger charge is 2.16. The first-order valence-corrected chi connectivity index (χ1v) is 7.49. The lowest BCUT2D eigenvalue weighted by atomic mass is 10.0. The van der Waals surface area contributed by atoms with Crippen molar-refractivity contribution in [3.05, 3.63) is 58.6 Å². The quantitative estimate of drug-likeness (QED) is 0.909. The van der Waals surface area contributed by atoms with Gasteiger partial charge in [-0.3, -0.25) is 4.79 Å². The SMILES string of the molecule is O=C1CCc2cc(OCC(O)c3ccccc3Cl)ccc2N1. The summed E-state index contributed by atoms with van der Waals surface area (Å²) in [5, 5.41) is 13.5. The smallest absolute Gasteiger partial charge is 0.224 e. The molecule has 4 nitrogen and oxygen atoms in total. The minimum atomic E-state index is -0.788. The van der Waals surface area contributed by atoms with Crippen molar-refractivity contribution in [3.63, 3.8) is 0 Å². The molecule has 114 valence electrons. The van der Waals surface area contributed by atoms with E-state index in [1.54, 1.807) is 18.2 Å². The van der Waals surface area contributed by atoms with Crippen LogP contribution in [0.4, 0.5) is 5.69 Å². The molecule has 1 unspecified atom stereocenters. The van der Waals surface area contributed by atoms with E-state index >= 15 is 0 Å². The summed E-state index contributed by atoms with van der Waals surface area (Å²) in [4.78, 5) is 11.3. The Balaban J connectivity index is 1.67. The van der Waals surface area contributed by atoms with Gasteiger partial charge in [0, 0.05) is 22.7 Å². The Morgan fingerprint density at radius 3 is 2.86 bits per heavy atom. The van der Waals surface area contributed by atoms with Crippen molar-refractivity contribution in [3.8, 4) is 5.75 Å². The molecule has 2 N–H and O–H groups in total. The van der Waals surface area contributed by atoms with E-state index in [9.17, 15) is 9.90 Å². The van der Waals surface area contributed by atoms with E-state index in [-0.39, 0.29) is 12.5 Å². The highest BCUT2D eigenvalue weighted by Crippen LogP contribution is 2.28. The first-order chi connectivity index (χ1) is 10.6. The standard InChI is InChI=1S/C17H16ClNO3/c18-14-4-2-1-3-13(14)16(20)10-22-12-6-7-15-11(9-12)5-8-17(21)19-15/h1-4,6-7,9,16,20H,5,8,10H2,(H,19,21). The molecule has 0 bridgehead atoms. The van der Waals surface area contributed by atoms with E-state index in [0.717, 1.165) is 11.3 Å². The van der Waals surface area contributed by atoms with Gasteiger partial charge in [0.1, 0.15) is 18.5 Å². The van der Waals surface area contributed by atoms with Crippen molar-refractivity contribution < 1.29 is 14.6 Å². The van der Waals surface area contributed by atoms with Crippen LogP contribution in [0.1, 0.15) is 23.7 Å². The third-order valence-electron chi connectivity index (χ3n) is 3.64. The minimum Gasteiger partial charge on any atom is -0.491 e. The lowest BCUT2D eigenvalue weighted by molar-refractivity contribution is -0.116. The molecule has 5 heteroatoms. The van der Waals surface area contributed by atoms with Crippen molar-refractivity contribution in [1.29, 1.82) is 0 Å². The van der Waals surface area contributed by atoms with Crippen molar-refractivity contribution >= 4 is 23.2 Å². The number of hydrogen-bond acceptors (Lipinski definition) is 3. The van der Waals surface area contributed by atoms with Gasteiger partial charge in [-0.25, -0.2) is 0 Å². The topological polar surface area (TPSA) is 58.6 Å². The second kappa shape index (κ2) is 6.38. The van der Waals surface area contributed by atoms with Crippen LogP contribution in [0.5, 0.6) is 5.75 Å². The summed E-state index contributed by atoms with van der Waals surface area (Å²) < 4.78 is 5.65. The molecule has 1 aliphatic rings. The van der Waals surface area contributed by atoms with Crippen LogP contribution in [0.25, 0.3) is 0 Å². The molecule has 1 aliphatic heterocycles. The zero-order chi connectivity index (χ0) is 15.5. The van der Waals surface area contributed by atoms with Gasteiger partial charge in [0.2, 0.25) is 5.91 Å². The number of fused-ring (bicyclic) bond motifs is 1. The van der Waals surface area contributed by atoms with Crippen LogP contribution in [-0.2, 0) is 11.2 Å². The number of amides is 1. The van der Waals surface area contributed by atoms with Crippen LogP contribution in [0, 0.1) is 0 Å². The molecule has 0 fully saturated rings. The average molecular weight is 318 g/mol. The van der Waals surface area contributed by atoms with Crippen molar-refractivity contribution in [2.24, 2.45) is 0 Å². The zero-order valence-corrected chi connectivity index (χ0v) is 12.6. The molecular weight excluding hydrogens is 302 g/mol. The molecule has 3 rings (SSSR count). The molecule has 22 heavy (non-hydrogen) atoms. The zero-order valence-electron chi connectivity index (χ0n) is 11.9. The predicted molar refractivity (Wildman–Crippen MR) is 85.3 cm³/mol. The highest BCUT2D eigenvalue weighted by atomic mass is 35.5. The number of ether oxygens (including phenoxy) is 1. The number of hydrogen-bond donors (Lipinski definition) is 2. The number of nitrogens with one attached hydrogen (secondary N) is 1. The van der Waals surface area contributed by atoms with E-state index in [0.29, 0.717) is 29.2 Å². The second-order valence-corrected chi connectivity index (χ2v) is 5.62. The van der Waals surface area contributed by atoms with E-state index in [1.807, 2.05) is 24.3 Å². The van der Waals surface area contributed by atoms with E-state index in [2.05, 4.69) is 5.32 Å². The Labute approximate surface area is 133 Å². The molecule has 0 saturated heterocycles. The van der Waals surface area contributed by atoms with Gasteiger partial charge in [-0.15, -0.1) is 0 Å². The van der Waals surface area contributed by atoms with Gasteiger partial charge in [-0.1, -0.05) is 29.8 Å². The molecule has 0 radical (unpaired) electrons. The Morgan fingerprint density at radius 1 is 1.23 bits per heavy atom. The molecular formula is C17H16ClNO3. The van der Waals surface area contributed by atoms with Gasteiger partial charge in [-0.05, 0) is 36.2 Å². The number of halogens is 1. The molecule has 2 aromatic rings. The number of carbonyl (C=O) groups excluding carboxylic acids is 1. The molecule has 1 amide bonds. The molecule has 0 aromatic heterocycles. The van der Waals surface area contributed by atoms with Crippen LogP contribution in [0.2, 0.25) is 5.02 Å². The Bertz CT molecular complexity index is 702. The monoisotopic (exact) mass is 317 g/mol. The van der Waals surface area contributed by atoms with Crippen LogP contribution >= 0.6 is 11.6 Å². The Morgan fingerprint density at radius 2 is 2.05 bits per heavy atom. The fourth-order valence-electron chi connectivity index (χ4n) is 2.46. The van der Waals surface area contributed by atoms with E-state index in [4.69, 9.17) is 16.3 Å². The summed E-state index contributed by atoms with van der Waals surface area (Å²) in [5.41, 5.74) is 2.52. The summed E-state index contributed by atoms with van der Waals surface area (Å²) in [5.74, 6) is 0.705. The molecule has 0 spiro atoms. The van der Waals surface area contributed by atoms with Crippen molar-refractivity contribution in [1.82, 2.24) is 0 Å². The molecule has 1 atom stereocenters. The summed E-state index contributed by atoms with van der Waals surface area (Å²) in [6.45, 7) is 0.120. The lowest BCUT2D eigenvalue weighted by Crippen LogP contribution is -2.19. The van der Waals surface area contributed by atoms with Crippen LogP contribution in [0.3, 0.4) is 0 Å². The predicted octanol–water partition coefficient (Wildman–Crippen LogP) is 3.34. The van der Waals surface area contributed by atoms with Gasteiger partial charge in [0.15, 0.2) is 0 Å². The number of carbonyl (C=O) groups is 1. The number of aryl methyl sites for hydroxylation is 1. The Kier molecular flexibility index (Phi) is 4.32. The lowest BCUT2D eigenvalue weighted by Gasteiger charge is -2.19. The summed E-state index contributed by atoms with van der Waals surface area (Å²) in [6.07, 6.45) is 0.397. The maximum atomic E-state index is 11.3. The first kappa shape index (κ1) is 14.9. The van der Waals surface area contributed by atoms with Gasteiger partial charge in [-0.2, -0.15) is 0 Å². The number of benzene rings is 2. The second-order valence-electron chi connectivity index (χ2n) is 5.22. The number of aliphatic hydroxyl groups excluding tert-OH is 1. The average Bonchev–Trinajstić information content (AvgIpc) is 2.53. The maximum Gasteiger partial charge on any atom is 0.224 e. The molecule has 0 aliphatic carbocycles. The van der Waals surface area contributed by atoms with Crippen molar-refractivity contribution in [2.45, 2.75) is 18.9 Å². The molecule has 0 saturated carbocycles. The maximum absolute atomic E-state index is 11.3. The Hall–Kier alpha value is -2.04. The fraction of sp³-hybridized carbons (Fsp3) is 0.235. The number of rotatable bonds is 4. The van der Waals surface area contributed by atoms with Crippen LogP contribution < -0.4 is 10.1 Å². The van der Waals surface area contributed by atoms with Crippen LogP contribution in [-0.4, -0.2) is 17.6 Å². The van der Waals surface area contributed by atoms with Gasteiger partial charge in [0.05, 0.1) is 0 Å². The normalized spacial score (nSPS) is 14.9. The third-order valence-corrected chi connectivity index (χ3v) is 3.99. The summed E-state index contributed by atoms with van der Waals surface area (Å²) >= 11 is 6.05. The number of aliphatic hydroxyl groups is 1. The minimum absolute atomic E-state index is 0.0373. The van der Waals surface area contributed by atoms with Crippen LogP contribution in [0.15, 0.2) is 42.5 Å². The first-order valence-electron chi connectivity index (χ1n) is 7.11. The number of anilines is 1. The third kappa shape index (κ3) is 3.24. The van der Waals surface area contributed by atoms with E-state index in [1.165, 1.54) is 0 Å². The molecule has 2 aromatic carbocycles. The van der Waals surface area contributed by atoms with Gasteiger partial charge >= 0.3 is 0 Å². The molecule has 1 heterocycles. The summed E-state index contributed by atoms with van der Waals surface area (Å²) in [7, 11) is 0. The van der Waals surface area contributed by atoms with Crippen molar-refractivity contribution in [2.75, 3.05) is 11.9 Å². The largest absolute Gasteiger partial charge is 0.491 e. The highest BCUT2D eigenvalue weighted by molar-refractivity contribution is 6.31. The fourth-order valence-corrected chi connectivity index (χ4v) is 2.72.